The van der Waals surface area contributed by atoms with E-state index in [0.29, 0.717) is 23.9 Å². The molecule has 0 aliphatic heterocycles. The molecule has 90 valence electrons. The molecule has 5 heteroatoms. The van der Waals surface area contributed by atoms with E-state index in [4.69, 9.17) is 16.0 Å². The van der Waals surface area contributed by atoms with Crippen molar-refractivity contribution in [3.8, 4) is 0 Å². The van der Waals surface area contributed by atoms with Crippen molar-refractivity contribution in [2.45, 2.75) is 45.0 Å². The second-order valence-corrected chi connectivity index (χ2v) is 4.92. The zero-order valence-electron chi connectivity index (χ0n) is 9.74. The lowest BCUT2D eigenvalue weighted by atomic mass is 9.78. The predicted molar refractivity (Wildman–Crippen MR) is 63.4 cm³/mol. The lowest BCUT2D eigenvalue weighted by Gasteiger charge is -2.33. The Labute approximate surface area is 101 Å². The fourth-order valence-corrected chi connectivity index (χ4v) is 2.42. The number of hydrogen-bond acceptors (Lipinski definition) is 4. The van der Waals surface area contributed by atoms with E-state index in [1.165, 1.54) is 19.3 Å². The molecule has 0 amide bonds. The van der Waals surface area contributed by atoms with Gasteiger partial charge in [-0.1, -0.05) is 31.8 Å². The van der Waals surface area contributed by atoms with Crippen molar-refractivity contribution >= 4 is 17.6 Å². The van der Waals surface area contributed by atoms with E-state index in [2.05, 4.69) is 29.4 Å². The summed E-state index contributed by atoms with van der Waals surface area (Å²) in [6.45, 7) is 4.58. The van der Waals surface area contributed by atoms with Crippen LogP contribution in [0, 0.1) is 11.8 Å². The highest BCUT2D eigenvalue weighted by molar-refractivity contribution is 6.16. The van der Waals surface area contributed by atoms with Crippen molar-refractivity contribution in [3.05, 3.63) is 5.89 Å². The summed E-state index contributed by atoms with van der Waals surface area (Å²) in [5.41, 5.74) is 0. The number of aromatic nitrogens is 2. The standard InChI is InChI=1S/C11H18ClN3O/c1-7-4-3-5-9(8(7)2)13-11-15-14-10(6-12)16-11/h7-9H,3-6H2,1-2H3,(H,13,15). The van der Waals surface area contributed by atoms with E-state index in [9.17, 15) is 0 Å². The number of alkyl halides is 1. The SMILES string of the molecule is CC1CCCC(Nc2nnc(CCl)o2)C1C. The summed E-state index contributed by atoms with van der Waals surface area (Å²) in [7, 11) is 0. The van der Waals surface area contributed by atoms with E-state index in [1.807, 2.05) is 0 Å². The van der Waals surface area contributed by atoms with Crippen LogP contribution < -0.4 is 5.32 Å². The number of hydrogen-bond donors (Lipinski definition) is 1. The summed E-state index contributed by atoms with van der Waals surface area (Å²) in [5.74, 6) is 2.13. The van der Waals surface area contributed by atoms with Gasteiger partial charge in [-0.05, 0) is 18.3 Å². The average molecular weight is 244 g/mol. The van der Waals surface area contributed by atoms with Gasteiger partial charge in [0, 0.05) is 6.04 Å². The van der Waals surface area contributed by atoms with E-state index in [0.717, 1.165) is 5.92 Å². The smallest absolute Gasteiger partial charge is 0.315 e. The first-order valence-electron chi connectivity index (χ1n) is 5.85. The molecule has 1 aromatic heterocycles. The zero-order chi connectivity index (χ0) is 11.5. The molecule has 2 rings (SSSR count). The first kappa shape index (κ1) is 11.7. The van der Waals surface area contributed by atoms with Gasteiger partial charge in [-0.25, -0.2) is 0 Å². The lowest BCUT2D eigenvalue weighted by Crippen LogP contribution is -2.35. The van der Waals surface area contributed by atoms with E-state index in [-0.39, 0.29) is 5.88 Å². The molecule has 3 unspecified atom stereocenters. The molecule has 1 aliphatic carbocycles. The molecular weight excluding hydrogens is 226 g/mol. The van der Waals surface area contributed by atoms with Gasteiger partial charge in [-0.3, -0.25) is 0 Å². The monoisotopic (exact) mass is 243 g/mol. The summed E-state index contributed by atoms with van der Waals surface area (Å²) in [6.07, 6.45) is 3.75. The highest BCUT2D eigenvalue weighted by atomic mass is 35.5. The Balaban J connectivity index is 1.97. The molecule has 1 saturated carbocycles. The summed E-state index contributed by atoms with van der Waals surface area (Å²) >= 11 is 5.61. The summed E-state index contributed by atoms with van der Waals surface area (Å²) in [6, 6.07) is 0.939. The van der Waals surface area contributed by atoms with Gasteiger partial charge < -0.3 is 9.73 Å². The van der Waals surface area contributed by atoms with E-state index < -0.39 is 0 Å². The van der Waals surface area contributed by atoms with Crippen molar-refractivity contribution in [3.63, 3.8) is 0 Å². The number of halogens is 1. The molecule has 1 aromatic rings. The molecule has 0 aromatic carbocycles. The van der Waals surface area contributed by atoms with Crippen molar-refractivity contribution < 1.29 is 4.42 Å². The Kier molecular flexibility index (Phi) is 3.69. The Bertz CT molecular complexity index is 342. The first-order valence-corrected chi connectivity index (χ1v) is 6.39. The minimum atomic E-state index is 0.269. The third kappa shape index (κ3) is 2.48. The van der Waals surface area contributed by atoms with Gasteiger partial charge in [-0.15, -0.1) is 16.7 Å². The number of rotatable bonds is 3. The molecule has 3 atom stereocenters. The fraction of sp³-hybridized carbons (Fsp3) is 0.818. The second kappa shape index (κ2) is 5.04. The number of nitrogens with zero attached hydrogens (tertiary/aromatic N) is 2. The normalized spacial score (nSPS) is 30.3. The highest BCUT2D eigenvalue weighted by Gasteiger charge is 2.27. The maximum absolute atomic E-state index is 5.61. The Morgan fingerprint density at radius 3 is 2.88 bits per heavy atom. The van der Waals surface area contributed by atoms with Gasteiger partial charge in [0.05, 0.1) is 0 Å². The van der Waals surface area contributed by atoms with E-state index >= 15 is 0 Å². The van der Waals surface area contributed by atoms with Crippen LogP contribution in [0.5, 0.6) is 0 Å². The maximum atomic E-state index is 5.61. The molecule has 0 saturated heterocycles. The predicted octanol–water partition coefficient (Wildman–Crippen LogP) is 3.05. The maximum Gasteiger partial charge on any atom is 0.315 e. The molecule has 0 bridgehead atoms. The van der Waals surface area contributed by atoms with E-state index in [1.54, 1.807) is 0 Å². The van der Waals surface area contributed by atoms with Crippen molar-refractivity contribution in [1.82, 2.24) is 10.2 Å². The molecule has 0 radical (unpaired) electrons. The van der Waals surface area contributed by atoms with Crippen molar-refractivity contribution in [2.24, 2.45) is 11.8 Å². The van der Waals surface area contributed by atoms with Gasteiger partial charge in [0.15, 0.2) is 0 Å². The average Bonchev–Trinajstić information content (AvgIpc) is 2.73. The zero-order valence-corrected chi connectivity index (χ0v) is 10.5. The summed E-state index contributed by atoms with van der Waals surface area (Å²) < 4.78 is 5.35. The van der Waals surface area contributed by atoms with Gasteiger partial charge in [-0.2, -0.15) is 0 Å². The molecule has 16 heavy (non-hydrogen) atoms. The van der Waals surface area contributed by atoms with Gasteiger partial charge >= 0.3 is 6.01 Å². The van der Waals surface area contributed by atoms with Crippen molar-refractivity contribution in [2.75, 3.05) is 5.32 Å². The quantitative estimate of drug-likeness (QED) is 0.829. The summed E-state index contributed by atoms with van der Waals surface area (Å²) in [5, 5.41) is 11.1. The van der Waals surface area contributed by atoms with Crippen LogP contribution in [0.2, 0.25) is 0 Å². The third-order valence-electron chi connectivity index (χ3n) is 3.60. The lowest BCUT2D eigenvalue weighted by molar-refractivity contribution is 0.250. The second-order valence-electron chi connectivity index (χ2n) is 4.65. The molecule has 4 nitrogen and oxygen atoms in total. The Morgan fingerprint density at radius 2 is 2.19 bits per heavy atom. The third-order valence-corrected chi connectivity index (χ3v) is 3.83. The molecule has 1 N–H and O–H groups in total. The Morgan fingerprint density at radius 1 is 1.38 bits per heavy atom. The van der Waals surface area contributed by atoms with Crippen LogP contribution in [0.15, 0.2) is 4.42 Å². The van der Waals surface area contributed by atoms with Crippen LogP contribution in [0.3, 0.4) is 0 Å². The molecule has 0 spiro atoms. The fourth-order valence-electron chi connectivity index (χ4n) is 2.31. The van der Waals surface area contributed by atoms with Gasteiger partial charge in [0.1, 0.15) is 5.88 Å². The van der Waals surface area contributed by atoms with Crippen LogP contribution in [0.25, 0.3) is 0 Å². The molecule has 1 heterocycles. The van der Waals surface area contributed by atoms with Crippen molar-refractivity contribution in [1.29, 1.82) is 0 Å². The van der Waals surface area contributed by atoms with Crippen LogP contribution >= 0.6 is 11.6 Å². The minimum Gasteiger partial charge on any atom is -0.407 e. The van der Waals surface area contributed by atoms with Gasteiger partial charge in [0.2, 0.25) is 5.89 Å². The topological polar surface area (TPSA) is 51.0 Å². The number of nitrogens with one attached hydrogen (secondary N) is 1. The van der Waals surface area contributed by atoms with Crippen LogP contribution in [0.4, 0.5) is 6.01 Å². The molecule has 1 aliphatic rings. The highest BCUT2D eigenvalue weighted by Crippen LogP contribution is 2.31. The van der Waals surface area contributed by atoms with Gasteiger partial charge in [0.25, 0.3) is 0 Å². The molecular formula is C11H18ClN3O. The Hall–Kier alpha value is -0.770. The largest absolute Gasteiger partial charge is 0.407 e. The van der Waals surface area contributed by atoms with Crippen LogP contribution in [-0.4, -0.2) is 16.2 Å². The van der Waals surface area contributed by atoms with Crippen LogP contribution in [-0.2, 0) is 5.88 Å². The summed E-state index contributed by atoms with van der Waals surface area (Å²) in [4.78, 5) is 0. The van der Waals surface area contributed by atoms with Crippen LogP contribution in [0.1, 0.15) is 39.0 Å². The number of anilines is 1. The minimum absolute atomic E-state index is 0.269. The molecule has 1 fully saturated rings. The first-order chi connectivity index (χ1) is 7.70.